The van der Waals surface area contributed by atoms with E-state index in [1.807, 2.05) is 6.92 Å². The number of nitrogen functional groups attached to an aromatic ring is 1. The summed E-state index contributed by atoms with van der Waals surface area (Å²) in [6, 6.07) is 3.09. The molecule has 1 aromatic carbocycles. The normalized spacial score (nSPS) is 12.2. The van der Waals surface area contributed by atoms with Crippen LogP contribution in [0, 0.1) is 0 Å². The monoisotopic (exact) mass is 322 g/mol. The van der Waals surface area contributed by atoms with E-state index in [2.05, 4.69) is 5.32 Å². The van der Waals surface area contributed by atoms with Crippen LogP contribution < -0.4 is 11.1 Å². The van der Waals surface area contributed by atoms with Crippen molar-refractivity contribution in [3.8, 4) is 0 Å². The van der Waals surface area contributed by atoms with Crippen LogP contribution in [0.15, 0.2) is 12.1 Å². The van der Waals surface area contributed by atoms with E-state index in [0.29, 0.717) is 28.0 Å². The minimum atomic E-state index is -0.221. The minimum absolute atomic E-state index is 0.156. The number of carbonyl (C=O) groups is 1. The van der Waals surface area contributed by atoms with Crippen molar-refractivity contribution in [2.45, 2.75) is 12.2 Å². The molecule has 0 bridgehead atoms. The number of halogens is 2. The number of carbonyl (C=O) groups excluding carboxylic acids is 1. The number of methoxy groups -OCH3 is 1. The fourth-order valence-corrected chi connectivity index (χ4v) is 2.72. The van der Waals surface area contributed by atoms with Crippen LogP contribution in [0.25, 0.3) is 0 Å². The third-order valence-electron chi connectivity index (χ3n) is 2.36. The Balaban J connectivity index is 2.66. The number of rotatable bonds is 6. The molecule has 0 aliphatic rings. The summed E-state index contributed by atoms with van der Waals surface area (Å²) in [5, 5.41) is 3.25. The molecule has 7 heteroatoms. The SMILES string of the molecule is COCCSC(C)C(=O)Nc1c(N)cc(Cl)cc1Cl. The number of benzene rings is 1. The number of anilines is 2. The van der Waals surface area contributed by atoms with E-state index in [4.69, 9.17) is 33.7 Å². The van der Waals surface area contributed by atoms with E-state index in [1.165, 1.54) is 17.8 Å². The quantitative estimate of drug-likeness (QED) is 0.623. The molecule has 4 nitrogen and oxygen atoms in total. The smallest absolute Gasteiger partial charge is 0.237 e. The van der Waals surface area contributed by atoms with Gasteiger partial charge in [-0.1, -0.05) is 23.2 Å². The molecule has 1 unspecified atom stereocenters. The largest absolute Gasteiger partial charge is 0.397 e. The molecule has 1 atom stereocenters. The maximum atomic E-state index is 12.0. The van der Waals surface area contributed by atoms with Crippen LogP contribution >= 0.6 is 35.0 Å². The van der Waals surface area contributed by atoms with Crippen molar-refractivity contribution in [3.05, 3.63) is 22.2 Å². The highest BCUT2D eigenvalue weighted by Crippen LogP contribution is 2.32. The van der Waals surface area contributed by atoms with Gasteiger partial charge in [0.05, 0.1) is 28.3 Å². The average molecular weight is 323 g/mol. The molecule has 0 aliphatic heterocycles. The first-order valence-electron chi connectivity index (χ1n) is 5.61. The summed E-state index contributed by atoms with van der Waals surface area (Å²) in [7, 11) is 1.62. The highest BCUT2D eigenvalue weighted by Gasteiger charge is 2.16. The summed E-state index contributed by atoms with van der Waals surface area (Å²) in [5.74, 6) is 0.589. The molecule has 0 heterocycles. The highest BCUT2D eigenvalue weighted by molar-refractivity contribution is 8.00. The Bertz CT molecular complexity index is 434. The van der Waals surface area contributed by atoms with Crippen molar-refractivity contribution >= 4 is 52.2 Å². The minimum Gasteiger partial charge on any atom is -0.397 e. The number of nitrogens with one attached hydrogen (secondary N) is 1. The highest BCUT2D eigenvalue weighted by atomic mass is 35.5. The van der Waals surface area contributed by atoms with Crippen molar-refractivity contribution in [1.82, 2.24) is 0 Å². The van der Waals surface area contributed by atoms with Crippen LogP contribution in [0.2, 0.25) is 10.0 Å². The van der Waals surface area contributed by atoms with Crippen molar-refractivity contribution in [2.24, 2.45) is 0 Å². The second-order valence-corrected chi connectivity index (χ2v) is 6.14. The zero-order chi connectivity index (χ0) is 14.4. The van der Waals surface area contributed by atoms with Gasteiger partial charge >= 0.3 is 0 Å². The van der Waals surface area contributed by atoms with Gasteiger partial charge in [0, 0.05) is 17.9 Å². The Labute approximate surface area is 127 Å². The summed E-state index contributed by atoms with van der Waals surface area (Å²) in [4.78, 5) is 12.0. The predicted molar refractivity (Wildman–Crippen MR) is 83.3 cm³/mol. The lowest BCUT2D eigenvalue weighted by molar-refractivity contribution is -0.115. The Kier molecular flexibility index (Phi) is 6.79. The lowest BCUT2D eigenvalue weighted by Gasteiger charge is -2.14. The number of amides is 1. The molecule has 1 amide bonds. The lowest BCUT2D eigenvalue weighted by Crippen LogP contribution is -2.24. The van der Waals surface area contributed by atoms with Crippen LogP contribution in [0.5, 0.6) is 0 Å². The van der Waals surface area contributed by atoms with Crippen LogP contribution in [-0.4, -0.2) is 30.6 Å². The molecule has 3 N–H and O–H groups in total. The van der Waals surface area contributed by atoms with Crippen LogP contribution in [0.4, 0.5) is 11.4 Å². The van der Waals surface area contributed by atoms with Crippen molar-refractivity contribution in [3.63, 3.8) is 0 Å². The summed E-state index contributed by atoms with van der Waals surface area (Å²) in [6.07, 6.45) is 0. The first-order valence-corrected chi connectivity index (χ1v) is 7.42. The number of nitrogens with two attached hydrogens (primary N) is 1. The van der Waals surface area contributed by atoms with E-state index in [9.17, 15) is 4.79 Å². The third-order valence-corrected chi connectivity index (χ3v) is 3.99. The molecule has 0 saturated heterocycles. The van der Waals surface area contributed by atoms with Gasteiger partial charge in [-0.05, 0) is 19.1 Å². The van der Waals surface area contributed by atoms with E-state index in [-0.39, 0.29) is 11.2 Å². The molecule has 0 aromatic heterocycles. The molecule has 0 radical (unpaired) electrons. The summed E-state index contributed by atoms with van der Waals surface area (Å²) in [5.41, 5.74) is 6.53. The van der Waals surface area contributed by atoms with Crippen molar-refractivity contribution in [1.29, 1.82) is 0 Å². The molecule has 1 rings (SSSR count). The Morgan fingerprint density at radius 3 is 2.79 bits per heavy atom. The standard InChI is InChI=1S/C12H16Cl2N2O2S/c1-7(19-4-3-18-2)12(17)16-11-9(14)5-8(13)6-10(11)15/h5-7H,3-4,15H2,1-2H3,(H,16,17). The maximum Gasteiger partial charge on any atom is 0.237 e. The predicted octanol–water partition coefficient (Wildman–Crippen LogP) is 3.28. The number of hydrogen-bond donors (Lipinski definition) is 2. The summed E-state index contributed by atoms with van der Waals surface area (Å²) >= 11 is 13.3. The first kappa shape index (κ1) is 16.4. The van der Waals surface area contributed by atoms with E-state index >= 15 is 0 Å². The van der Waals surface area contributed by atoms with Crippen LogP contribution in [-0.2, 0) is 9.53 Å². The van der Waals surface area contributed by atoms with Gasteiger partial charge in [-0.2, -0.15) is 0 Å². The summed E-state index contributed by atoms with van der Waals surface area (Å²) in [6.45, 7) is 2.42. The van der Waals surface area contributed by atoms with Crippen molar-refractivity contribution in [2.75, 3.05) is 30.5 Å². The molecule has 1 aromatic rings. The number of ether oxygens (including phenoxy) is 1. The van der Waals surface area contributed by atoms with Gasteiger partial charge < -0.3 is 15.8 Å². The zero-order valence-electron chi connectivity index (χ0n) is 10.7. The van der Waals surface area contributed by atoms with Gasteiger partial charge in [0.25, 0.3) is 0 Å². The summed E-state index contributed by atoms with van der Waals surface area (Å²) < 4.78 is 4.93. The topological polar surface area (TPSA) is 64.3 Å². The van der Waals surface area contributed by atoms with E-state index < -0.39 is 0 Å². The van der Waals surface area contributed by atoms with Gasteiger partial charge in [-0.15, -0.1) is 11.8 Å². The Morgan fingerprint density at radius 2 is 2.21 bits per heavy atom. The molecular weight excluding hydrogens is 307 g/mol. The van der Waals surface area contributed by atoms with E-state index in [0.717, 1.165) is 5.75 Å². The van der Waals surface area contributed by atoms with Crippen LogP contribution in [0.1, 0.15) is 6.92 Å². The average Bonchev–Trinajstić information content (AvgIpc) is 2.33. The second-order valence-electron chi connectivity index (χ2n) is 3.85. The van der Waals surface area contributed by atoms with Gasteiger partial charge in [0.15, 0.2) is 0 Å². The van der Waals surface area contributed by atoms with Gasteiger partial charge in [-0.25, -0.2) is 0 Å². The lowest BCUT2D eigenvalue weighted by atomic mass is 10.2. The Hall–Kier alpha value is -0.620. The fourth-order valence-electron chi connectivity index (χ4n) is 1.33. The molecule has 0 spiro atoms. The van der Waals surface area contributed by atoms with Gasteiger partial charge in [0.1, 0.15) is 0 Å². The molecular formula is C12H16Cl2N2O2S. The first-order chi connectivity index (χ1) is 8.95. The molecule has 106 valence electrons. The number of hydrogen-bond acceptors (Lipinski definition) is 4. The third kappa shape index (κ3) is 5.10. The molecule has 0 aliphatic carbocycles. The fraction of sp³-hybridized carbons (Fsp3) is 0.417. The molecule has 0 saturated carbocycles. The van der Waals surface area contributed by atoms with Crippen LogP contribution in [0.3, 0.4) is 0 Å². The second kappa shape index (κ2) is 7.85. The van der Waals surface area contributed by atoms with Crippen molar-refractivity contribution < 1.29 is 9.53 Å². The number of thioether (sulfide) groups is 1. The molecule has 19 heavy (non-hydrogen) atoms. The van der Waals surface area contributed by atoms with E-state index in [1.54, 1.807) is 13.2 Å². The maximum absolute atomic E-state index is 12.0. The zero-order valence-corrected chi connectivity index (χ0v) is 13.0. The van der Waals surface area contributed by atoms with Gasteiger partial charge in [-0.3, -0.25) is 4.79 Å². The Morgan fingerprint density at radius 1 is 1.53 bits per heavy atom. The molecule has 0 fully saturated rings. The van der Waals surface area contributed by atoms with Gasteiger partial charge in [0.2, 0.25) is 5.91 Å².